The predicted molar refractivity (Wildman–Crippen MR) is 57.8 cm³/mol. The summed E-state index contributed by atoms with van der Waals surface area (Å²) in [6, 6.07) is 11.9. The van der Waals surface area contributed by atoms with Crippen LogP contribution in [0.4, 0.5) is 0 Å². The van der Waals surface area contributed by atoms with Crippen molar-refractivity contribution in [1.29, 1.82) is 0 Å². The van der Waals surface area contributed by atoms with Crippen LogP contribution in [0, 0.1) is 0 Å². The van der Waals surface area contributed by atoms with Crippen molar-refractivity contribution in [1.82, 2.24) is 9.97 Å². The van der Waals surface area contributed by atoms with E-state index in [2.05, 4.69) is 9.97 Å². The number of nitrogens with zero attached hydrogens (tertiary/aromatic N) is 2. The minimum atomic E-state index is 0. The van der Waals surface area contributed by atoms with Crippen molar-refractivity contribution in [2.24, 2.45) is 0 Å². The highest BCUT2D eigenvalue weighted by molar-refractivity contribution is 8.93. The van der Waals surface area contributed by atoms with Crippen molar-refractivity contribution in [3.05, 3.63) is 48.9 Å². The fourth-order valence-corrected chi connectivity index (χ4v) is 1.07. The zero-order valence-electron chi connectivity index (χ0n) is 6.92. The molecule has 0 aliphatic rings. The quantitative estimate of drug-likeness (QED) is 0.762. The van der Waals surface area contributed by atoms with Crippen LogP contribution in [0.3, 0.4) is 0 Å². The zero-order valence-corrected chi connectivity index (χ0v) is 8.63. The van der Waals surface area contributed by atoms with E-state index in [4.69, 9.17) is 0 Å². The van der Waals surface area contributed by atoms with Crippen LogP contribution in [0.2, 0.25) is 0 Å². The predicted octanol–water partition coefficient (Wildman–Crippen LogP) is 2.72. The van der Waals surface area contributed by atoms with Crippen molar-refractivity contribution in [2.45, 2.75) is 0 Å². The van der Waals surface area contributed by atoms with E-state index in [-0.39, 0.29) is 17.0 Å². The second-order valence-electron chi connectivity index (χ2n) is 2.46. The van der Waals surface area contributed by atoms with Gasteiger partial charge in [0.1, 0.15) is 6.33 Å². The van der Waals surface area contributed by atoms with E-state index < -0.39 is 0 Å². The lowest BCUT2D eigenvalue weighted by Crippen LogP contribution is -1.82. The molecule has 0 spiro atoms. The zero-order chi connectivity index (χ0) is 8.23. The van der Waals surface area contributed by atoms with Gasteiger partial charge in [-0.05, 0) is 6.07 Å². The molecular formula is C10H9BrN2. The highest BCUT2D eigenvalue weighted by Gasteiger charge is 1.94. The molecule has 0 aliphatic carbocycles. The van der Waals surface area contributed by atoms with Gasteiger partial charge in [0.2, 0.25) is 0 Å². The highest BCUT2D eigenvalue weighted by atomic mass is 79.9. The molecule has 13 heavy (non-hydrogen) atoms. The van der Waals surface area contributed by atoms with Crippen molar-refractivity contribution in [3.8, 4) is 11.3 Å². The Balaban J connectivity index is 0.000000845. The number of aromatic nitrogens is 2. The standard InChI is InChI=1S/C10H8N2.BrH/c1-2-4-9(5-3-1)10-6-7-11-8-12-10;/h1-8H;1H. The highest BCUT2D eigenvalue weighted by Crippen LogP contribution is 2.13. The third-order valence-electron chi connectivity index (χ3n) is 1.65. The summed E-state index contributed by atoms with van der Waals surface area (Å²) in [6.07, 6.45) is 3.30. The smallest absolute Gasteiger partial charge is 0.116 e. The van der Waals surface area contributed by atoms with Gasteiger partial charge in [0.25, 0.3) is 0 Å². The molecule has 66 valence electrons. The summed E-state index contributed by atoms with van der Waals surface area (Å²) in [6.45, 7) is 0. The number of halogens is 1. The first-order valence-corrected chi connectivity index (χ1v) is 3.78. The summed E-state index contributed by atoms with van der Waals surface area (Å²) in [5.41, 5.74) is 2.09. The first-order valence-electron chi connectivity index (χ1n) is 3.78. The average Bonchev–Trinajstić information content (AvgIpc) is 2.21. The summed E-state index contributed by atoms with van der Waals surface area (Å²) in [7, 11) is 0. The first-order chi connectivity index (χ1) is 5.97. The Morgan fingerprint density at radius 1 is 0.923 bits per heavy atom. The van der Waals surface area contributed by atoms with Crippen molar-refractivity contribution < 1.29 is 0 Å². The fourth-order valence-electron chi connectivity index (χ4n) is 1.07. The first kappa shape index (κ1) is 9.86. The molecule has 0 saturated heterocycles. The van der Waals surface area contributed by atoms with Gasteiger partial charge in [0.15, 0.2) is 0 Å². The molecule has 0 N–H and O–H groups in total. The Morgan fingerprint density at radius 2 is 1.69 bits per heavy atom. The summed E-state index contributed by atoms with van der Waals surface area (Å²) in [4.78, 5) is 8.00. The van der Waals surface area contributed by atoms with E-state index in [1.807, 2.05) is 36.4 Å². The Labute approximate surface area is 87.4 Å². The van der Waals surface area contributed by atoms with Crippen LogP contribution < -0.4 is 0 Å². The van der Waals surface area contributed by atoms with Gasteiger partial charge >= 0.3 is 0 Å². The van der Waals surface area contributed by atoms with E-state index in [0.29, 0.717) is 0 Å². The maximum atomic E-state index is 4.14. The Morgan fingerprint density at radius 3 is 2.31 bits per heavy atom. The number of rotatable bonds is 1. The maximum Gasteiger partial charge on any atom is 0.116 e. The lowest BCUT2D eigenvalue weighted by atomic mass is 10.1. The molecule has 0 aliphatic heterocycles. The van der Waals surface area contributed by atoms with Crippen LogP contribution in [0.15, 0.2) is 48.9 Å². The van der Waals surface area contributed by atoms with Crippen LogP contribution >= 0.6 is 17.0 Å². The topological polar surface area (TPSA) is 25.8 Å². The lowest BCUT2D eigenvalue weighted by Gasteiger charge is -1.96. The van der Waals surface area contributed by atoms with Crippen molar-refractivity contribution in [3.63, 3.8) is 0 Å². The van der Waals surface area contributed by atoms with E-state index in [1.54, 1.807) is 12.5 Å². The molecule has 1 aromatic heterocycles. The molecular weight excluding hydrogens is 228 g/mol. The lowest BCUT2D eigenvalue weighted by molar-refractivity contribution is 1.17. The maximum absolute atomic E-state index is 4.14. The van der Waals surface area contributed by atoms with Crippen molar-refractivity contribution in [2.75, 3.05) is 0 Å². The molecule has 0 saturated carbocycles. The normalized spacial score (nSPS) is 8.92. The van der Waals surface area contributed by atoms with E-state index in [9.17, 15) is 0 Å². The Bertz CT molecular complexity index is 310. The molecule has 3 heteroatoms. The average molecular weight is 237 g/mol. The number of hydrogen-bond acceptors (Lipinski definition) is 2. The summed E-state index contributed by atoms with van der Waals surface area (Å²) >= 11 is 0. The Hall–Kier alpha value is -1.22. The monoisotopic (exact) mass is 236 g/mol. The van der Waals surface area contributed by atoms with Gasteiger partial charge in [-0.25, -0.2) is 9.97 Å². The van der Waals surface area contributed by atoms with Gasteiger partial charge in [0.05, 0.1) is 5.69 Å². The summed E-state index contributed by atoms with van der Waals surface area (Å²) < 4.78 is 0. The molecule has 2 rings (SSSR count). The number of hydrogen-bond donors (Lipinski definition) is 0. The van der Waals surface area contributed by atoms with Crippen molar-refractivity contribution >= 4 is 17.0 Å². The van der Waals surface area contributed by atoms with Crippen LogP contribution in [0.1, 0.15) is 0 Å². The Kier molecular flexibility index (Phi) is 3.58. The van der Waals surface area contributed by atoms with Gasteiger partial charge in [-0.3, -0.25) is 0 Å². The molecule has 0 atom stereocenters. The van der Waals surface area contributed by atoms with Crippen LogP contribution in [-0.2, 0) is 0 Å². The van der Waals surface area contributed by atoms with Crippen LogP contribution in [-0.4, -0.2) is 9.97 Å². The second kappa shape index (κ2) is 4.72. The summed E-state index contributed by atoms with van der Waals surface area (Å²) in [5.74, 6) is 0. The molecule has 0 fully saturated rings. The molecule has 1 heterocycles. The minimum absolute atomic E-state index is 0. The van der Waals surface area contributed by atoms with Gasteiger partial charge < -0.3 is 0 Å². The van der Waals surface area contributed by atoms with Gasteiger partial charge in [0, 0.05) is 11.8 Å². The van der Waals surface area contributed by atoms with Gasteiger partial charge in [-0.15, -0.1) is 17.0 Å². The third-order valence-corrected chi connectivity index (χ3v) is 1.65. The fraction of sp³-hybridized carbons (Fsp3) is 0. The largest absolute Gasteiger partial charge is 0.245 e. The number of benzene rings is 1. The molecule has 2 aromatic rings. The molecule has 0 unspecified atom stereocenters. The van der Waals surface area contributed by atoms with Crippen LogP contribution in [0.5, 0.6) is 0 Å². The van der Waals surface area contributed by atoms with Gasteiger partial charge in [-0.2, -0.15) is 0 Å². The SMILES string of the molecule is Br.c1ccc(-c2ccncn2)cc1. The molecule has 2 nitrogen and oxygen atoms in total. The minimum Gasteiger partial charge on any atom is -0.245 e. The summed E-state index contributed by atoms with van der Waals surface area (Å²) in [5, 5.41) is 0. The molecule has 0 radical (unpaired) electrons. The van der Waals surface area contributed by atoms with Crippen LogP contribution in [0.25, 0.3) is 11.3 Å². The van der Waals surface area contributed by atoms with E-state index in [0.717, 1.165) is 11.3 Å². The molecule has 1 aromatic carbocycles. The third kappa shape index (κ3) is 2.36. The molecule has 0 bridgehead atoms. The second-order valence-corrected chi connectivity index (χ2v) is 2.46. The van der Waals surface area contributed by atoms with E-state index in [1.165, 1.54) is 0 Å². The van der Waals surface area contributed by atoms with Gasteiger partial charge in [-0.1, -0.05) is 30.3 Å². The van der Waals surface area contributed by atoms with E-state index >= 15 is 0 Å². The molecule has 0 amide bonds.